The summed E-state index contributed by atoms with van der Waals surface area (Å²) in [6.07, 6.45) is 1.72. The second-order valence-corrected chi connectivity index (χ2v) is 6.20. The number of hydrogen-bond donors (Lipinski definition) is 2. The van der Waals surface area contributed by atoms with Crippen LogP contribution in [0, 0.1) is 6.92 Å². The average Bonchev–Trinajstić information content (AvgIpc) is 3.12. The molecule has 2 heterocycles. The first-order chi connectivity index (χ1) is 13.1. The highest BCUT2D eigenvalue weighted by Gasteiger charge is 2.13. The third kappa shape index (κ3) is 3.37. The summed E-state index contributed by atoms with van der Waals surface area (Å²) < 4.78 is 5.33. The van der Waals surface area contributed by atoms with Crippen molar-refractivity contribution in [2.45, 2.75) is 6.92 Å². The molecule has 0 unspecified atom stereocenters. The van der Waals surface area contributed by atoms with Crippen LogP contribution >= 0.6 is 0 Å². The van der Waals surface area contributed by atoms with Crippen LogP contribution in [0.15, 0.2) is 60.8 Å². The van der Waals surface area contributed by atoms with Crippen molar-refractivity contribution in [3.63, 3.8) is 0 Å². The molecular weight excluding hydrogens is 340 g/mol. The van der Waals surface area contributed by atoms with Gasteiger partial charge in [-0.2, -0.15) is 0 Å². The number of aryl methyl sites for hydroxylation is 1. The predicted molar refractivity (Wildman–Crippen MR) is 105 cm³/mol. The van der Waals surface area contributed by atoms with Crippen molar-refractivity contribution in [1.82, 2.24) is 15.0 Å². The number of hydrogen-bond acceptors (Lipinski definition) is 4. The molecule has 6 nitrogen and oxygen atoms in total. The van der Waals surface area contributed by atoms with Crippen LogP contribution < -0.4 is 10.1 Å². The molecule has 2 N–H and O–H groups in total. The van der Waals surface area contributed by atoms with Crippen LogP contribution in [0.25, 0.3) is 22.6 Å². The number of rotatable bonds is 4. The number of carbonyl (C=O) groups is 1. The van der Waals surface area contributed by atoms with Crippen LogP contribution in [0.2, 0.25) is 0 Å². The normalized spacial score (nSPS) is 10.7. The fraction of sp³-hybridized carbons (Fsp3) is 0.0952. The maximum absolute atomic E-state index is 12.7. The highest BCUT2D eigenvalue weighted by atomic mass is 16.5. The van der Waals surface area contributed by atoms with E-state index in [1.807, 2.05) is 55.5 Å². The molecule has 6 heteroatoms. The molecule has 2 aromatic heterocycles. The van der Waals surface area contributed by atoms with Gasteiger partial charge in [0.05, 0.1) is 12.7 Å². The van der Waals surface area contributed by atoms with E-state index in [1.165, 1.54) is 0 Å². The monoisotopic (exact) mass is 358 g/mol. The summed E-state index contributed by atoms with van der Waals surface area (Å²) in [5.74, 6) is 1.02. The van der Waals surface area contributed by atoms with Gasteiger partial charge in [-0.25, -0.2) is 9.97 Å². The number of imidazole rings is 1. The number of amides is 1. The Morgan fingerprint density at radius 1 is 1.11 bits per heavy atom. The molecule has 134 valence electrons. The fourth-order valence-electron chi connectivity index (χ4n) is 2.91. The van der Waals surface area contributed by atoms with E-state index in [-0.39, 0.29) is 5.91 Å². The lowest BCUT2D eigenvalue weighted by Crippen LogP contribution is -2.13. The number of fused-ring (bicyclic) bond motifs is 1. The van der Waals surface area contributed by atoms with Gasteiger partial charge in [-0.15, -0.1) is 0 Å². The molecule has 4 rings (SSSR count). The van der Waals surface area contributed by atoms with E-state index in [1.54, 1.807) is 19.4 Å². The number of benzene rings is 2. The van der Waals surface area contributed by atoms with Crippen LogP contribution in [0.3, 0.4) is 0 Å². The maximum Gasteiger partial charge on any atom is 0.259 e. The molecule has 0 spiro atoms. The molecule has 0 radical (unpaired) electrons. The number of anilines is 1. The first-order valence-corrected chi connectivity index (χ1v) is 8.51. The number of H-pyrrole nitrogens is 1. The Labute approximate surface area is 156 Å². The van der Waals surface area contributed by atoms with Gasteiger partial charge in [-0.05, 0) is 48.9 Å². The predicted octanol–water partition coefficient (Wildman–Crippen LogP) is 4.19. The minimum atomic E-state index is -0.227. The van der Waals surface area contributed by atoms with E-state index in [4.69, 9.17) is 4.74 Å². The number of ether oxygens (including phenoxy) is 1. The second kappa shape index (κ2) is 6.92. The number of methoxy groups -OCH3 is 1. The van der Waals surface area contributed by atoms with Crippen molar-refractivity contribution in [3.05, 3.63) is 71.9 Å². The summed E-state index contributed by atoms with van der Waals surface area (Å²) in [5, 5.41) is 2.92. The zero-order chi connectivity index (χ0) is 18.8. The van der Waals surface area contributed by atoms with Crippen LogP contribution in [0.4, 0.5) is 5.69 Å². The van der Waals surface area contributed by atoms with Gasteiger partial charge < -0.3 is 15.0 Å². The minimum Gasteiger partial charge on any atom is -0.496 e. The highest BCUT2D eigenvalue weighted by Crippen LogP contribution is 2.24. The molecule has 4 aromatic rings. The van der Waals surface area contributed by atoms with Crippen LogP contribution in [0.1, 0.15) is 15.9 Å². The molecule has 0 aliphatic rings. The molecule has 0 saturated heterocycles. The molecule has 0 fully saturated rings. The van der Waals surface area contributed by atoms with E-state index < -0.39 is 0 Å². The Hall–Kier alpha value is -3.67. The van der Waals surface area contributed by atoms with Crippen LogP contribution in [-0.2, 0) is 0 Å². The number of carbonyl (C=O) groups excluding carboxylic acids is 1. The number of pyridine rings is 1. The molecule has 2 aromatic carbocycles. The van der Waals surface area contributed by atoms with Gasteiger partial charge in [0.1, 0.15) is 17.1 Å². The van der Waals surface area contributed by atoms with E-state index in [0.717, 1.165) is 22.3 Å². The summed E-state index contributed by atoms with van der Waals surface area (Å²) >= 11 is 0. The van der Waals surface area contributed by atoms with E-state index in [0.29, 0.717) is 22.8 Å². The molecular formula is C21H18N4O2. The lowest BCUT2D eigenvalue weighted by atomic mass is 10.1. The van der Waals surface area contributed by atoms with Crippen LogP contribution in [-0.4, -0.2) is 28.0 Å². The van der Waals surface area contributed by atoms with Gasteiger partial charge in [-0.1, -0.05) is 18.2 Å². The molecule has 0 bridgehead atoms. The number of nitrogens with one attached hydrogen (secondary N) is 2. The highest BCUT2D eigenvalue weighted by molar-refractivity contribution is 6.06. The van der Waals surface area contributed by atoms with Gasteiger partial charge >= 0.3 is 0 Å². The van der Waals surface area contributed by atoms with Gasteiger partial charge in [-0.3, -0.25) is 4.79 Å². The number of nitrogens with zero attached hydrogens (tertiary/aromatic N) is 2. The van der Waals surface area contributed by atoms with E-state index in [9.17, 15) is 4.79 Å². The van der Waals surface area contributed by atoms with Crippen molar-refractivity contribution in [1.29, 1.82) is 0 Å². The SMILES string of the molecule is COc1cc(C)ccc1C(=O)Nc1cccc(-c2nc3cccnc3[nH]2)c1. The quantitative estimate of drug-likeness (QED) is 0.573. The molecule has 1 amide bonds. The van der Waals surface area contributed by atoms with E-state index in [2.05, 4.69) is 20.3 Å². The molecule has 0 atom stereocenters. The lowest BCUT2D eigenvalue weighted by molar-refractivity contribution is 0.102. The third-order valence-corrected chi connectivity index (χ3v) is 4.25. The second-order valence-electron chi connectivity index (χ2n) is 6.20. The zero-order valence-corrected chi connectivity index (χ0v) is 15.0. The van der Waals surface area contributed by atoms with Gasteiger partial charge in [0, 0.05) is 17.4 Å². The standard InChI is InChI=1S/C21H18N4O2/c1-13-8-9-16(18(11-13)27-2)21(26)23-15-6-3-5-14(12-15)19-24-17-7-4-10-22-20(17)25-19/h3-12H,1-2H3,(H,23,26)(H,22,24,25). The molecule has 0 aliphatic heterocycles. The Balaban J connectivity index is 1.62. The number of aromatic nitrogens is 3. The molecule has 27 heavy (non-hydrogen) atoms. The average molecular weight is 358 g/mol. The summed E-state index contributed by atoms with van der Waals surface area (Å²) in [7, 11) is 1.56. The van der Waals surface area contributed by atoms with Crippen molar-refractivity contribution >= 4 is 22.8 Å². The topological polar surface area (TPSA) is 79.9 Å². The maximum atomic E-state index is 12.7. The Kier molecular flexibility index (Phi) is 4.30. The third-order valence-electron chi connectivity index (χ3n) is 4.25. The largest absolute Gasteiger partial charge is 0.496 e. The Morgan fingerprint density at radius 2 is 2.00 bits per heavy atom. The Bertz CT molecular complexity index is 1100. The summed E-state index contributed by atoms with van der Waals surface area (Å²) in [5.41, 5.74) is 4.58. The van der Waals surface area contributed by atoms with Crippen molar-refractivity contribution in [2.75, 3.05) is 12.4 Å². The van der Waals surface area contributed by atoms with Gasteiger partial charge in [0.15, 0.2) is 5.65 Å². The zero-order valence-electron chi connectivity index (χ0n) is 15.0. The first-order valence-electron chi connectivity index (χ1n) is 8.51. The minimum absolute atomic E-state index is 0.227. The Morgan fingerprint density at radius 3 is 2.81 bits per heavy atom. The molecule has 0 saturated carbocycles. The fourth-order valence-corrected chi connectivity index (χ4v) is 2.91. The summed E-state index contributed by atoms with van der Waals surface area (Å²) in [6.45, 7) is 1.95. The van der Waals surface area contributed by atoms with Crippen molar-refractivity contribution in [2.24, 2.45) is 0 Å². The van der Waals surface area contributed by atoms with Crippen molar-refractivity contribution < 1.29 is 9.53 Å². The van der Waals surface area contributed by atoms with Gasteiger partial charge in [0.25, 0.3) is 5.91 Å². The number of aromatic amines is 1. The van der Waals surface area contributed by atoms with Crippen molar-refractivity contribution in [3.8, 4) is 17.1 Å². The smallest absolute Gasteiger partial charge is 0.259 e. The summed E-state index contributed by atoms with van der Waals surface area (Å²) in [4.78, 5) is 24.7. The lowest BCUT2D eigenvalue weighted by Gasteiger charge is -2.10. The van der Waals surface area contributed by atoms with Crippen LogP contribution in [0.5, 0.6) is 5.75 Å². The summed E-state index contributed by atoms with van der Waals surface area (Å²) in [6, 6.07) is 16.7. The molecule has 0 aliphatic carbocycles. The first kappa shape index (κ1) is 16.8. The van der Waals surface area contributed by atoms with Gasteiger partial charge in [0.2, 0.25) is 0 Å². The van der Waals surface area contributed by atoms with E-state index >= 15 is 0 Å².